The van der Waals surface area contributed by atoms with E-state index in [1.54, 1.807) is 13.0 Å². The van der Waals surface area contributed by atoms with Crippen molar-refractivity contribution in [2.24, 2.45) is 5.92 Å². The van der Waals surface area contributed by atoms with Crippen LogP contribution in [0.25, 0.3) is 0 Å². The minimum Gasteiger partial charge on any atom is -0.459 e. The van der Waals surface area contributed by atoms with Gasteiger partial charge >= 0.3 is 6.18 Å². The Morgan fingerprint density at radius 1 is 1.34 bits per heavy atom. The summed E-state index contributed by atoms with van der Waals surface area (Å²) >= 11 is 0. The molecule has 1 aromatic rings. The van der Waals surface area contributed by atoms with E-state index in [0.29, 0.717) is 25.0 Å². The van der Waals surface area contributed by atoms with E-state index in [0.717, 1.165) is 12.1 Å². The van der Waals surface area contributed by atoms with E-state index in [4.69, 9.17) is 15.9 Å². The third-order valence-electron chi connectivity index (χ3n) is 4.61. The number of aliphatic hydroxyl groups excluding tert-OH is 1. The minimum atomic E-state index is -4.44. The Bertz CT molecular complexity index is 753. The topological polar surface area (TPSA) is 67.8 Å². The van der Waals surface area contributed by atoms with E-state index in [1.165, 1.54) is 12.1 Å². The molecule has 158 valence electrons. The quantitative estimate of drug-likeness (QED) is 0.645. The van der Waals surface area contributed by atoms with Gasteiger partial charge in [-0.2, -0.15) is 13.2 Å². The molecule has 0 spiro atoms. The number of aliphatic hydroxyl groups is 1. The lowest BCUT2D eigenvalue weighted by Crippen LogP contribution is -2.39. The largest absolute Gasteiger partial charge is 0.459 e. The molecule has 2 rings (SSSR count). The van der Waals surface area contributed by atoms with Gasteiger partial charge in [0.15, 0.2) is 5.76 Å². The van der Waals surface area contributed by atoms with Crippen molar-refractivity contribution in [1.29, 1.82) is 0 Å². The maximum absolute atomic E-state index is 12.9. The van der Waals surface area contributed by atoms with Crippen molar-refractivity contribution in [2.75, 3.05) is 19.8 Å². The summed E-state index contributed by atoms with van der Waals surface area (Å²) < 4.78 is 50.1. The molecule has 29 heavy (non-hydrogen) atoms. The molecule has 1 amide bonds. The molecule has 0 fully saturated rings. The van der Waals surface area contributed by atoms with Crippen molar-refractivity contribution in [2.45, 2.75) is 38.1 Å². The van der Waals surface area contributed by atoms with E-state index in [1.807, 2.05) is 0 Å². The van der Waals surface area contributed by atoms with Gasteiger partial charge in [-0.25, -0.2) is 0 Å². The molecule has 1 aliphatic rings. The second kappa shape index (κ2) is 10.3. The van der Waals surface area contributed by atoms with Gasteiger partial charge < -0.3 is 19.9 Å². The molecule has 3 atom stereocenters. The number of carbonyl (C=O) groups is 1. The van der Waals surface area contributed by atoms with E-state index in [9.17, 15) is 23.1 Å². The predicted octanol–water partition coefficient (Wildman–Crippen LogP) is 3.20. The van der Waals surface area contributed by atoms with Gasteiger partial charge in [-0.05, 0) is 43.5 Å². The van der Waals surface area contributed by atoms with E-state index >= 15 is 0 Å². The van der Waals surface area contributed by atoms with Crippen LogP contribution in [0.4, 0.5) is 13.2 Å². The molecule has 1 aliphatic heterocycles. The van der Waals surface area contributed by atoms with Crippen molar-refractivity contribution in [3.8, 4) is 12.3 Å². The molecule has 0 aliphatic carbocycles. The Balaban J connectivity index is 2.41. The fraction of sp³-hybridized carbons (Fsp3) is 0.476. The molecule has 5 nitrogen and oxygen atoms in total. The zero-order chi connectivity index (χ0) is 21.4. The zero-order valence-electron chi connectivity index (χ0n) is 16.0. The summed E-state index contributed by atoms with van der Waals surface area (Å²) in [6.45, 7) is 2.06. The summed E-state index contributed by atoms with van der Waals surface area (Å²) in [6, 6.07) is 4.80. The minimum absolute atomic E-state index is 0.00356. The molecule has 0 unspecified atom stereocenters. The number of carbonyl (C=O) groups excluding carboxylic acids is 1. The summed E-state index contributed by atoms with van der Waals surface area (Å²) in [5, 5.41) is 11.7. The molecule has 0 saturated carbocycles. The number of ether oxygens (including phenoxy) is 2. The van der Waals surface area contributed by atoms with Gasteiger partial charge in [0.25, 0.3) is 5.91 Å². The lowest BCUT2D eigenvalue weighted by Gasteiger charge is -2.37. The number of alkyl halides is 3. The zero-order valence-corrected chi connectivity index (χ0v) is 16.0. The van der Waals surface area contributed by atoms with Crippen LogP contribution in [0.3, 0.4) is 0 Å². The second-order valence-corrected chi connectivity index (χ2v) is 6.53. The third-order valence-corrected chi connectivity index (χ3v) is 4.61. The summed E-state index contributed by atoms with van der Waals surface area (Å²) in [5.41, 5.74) is -0.159. The number of nitrogens with one attached hydrogen (secondary N) is 1. The molecule has 0 bridgehead atoms. The van der Waals surface area contributed by atoms with Gasteiger partial charge in [-0.15, -0.1) is 6.42 Å². The van der Waals surface area contributed by atoms with Crippen LogP contribution in [0.5, 0.6) is 0 Å². The number of rotatable bonds is 8. The van der Waals surface area contributed by atoms with Crippen LogP contribution >= 0.6 is 0 Å². The number of allylic oxidation sites excluding steroid dienone is 1. The number of hydrogen-bond acceptors (Lipinski definition) is 4. The maximum atomic E-state index is 12.9. The molecule has 8 heteroatoms. The van der Waals surface area contributed by atoms with Gasteiger partial charge in [0, 0.05) is 25.0 Å². The molecule has 1 aromatic carbocycles. The summed E-state index contributed by atoms with van der Waals surface area (Å²) in [6.07, 6.45) is 2.48. The van der Waals surface area contributed by atoms with Gasteiger partial charge in [0.2, 0.25) is 6.29 Å². The number of amides is 1. The van der Waals surface area contributed by atoms with E-state index < -0.39 is 29.9 Å². The first-order valence-electron chi connectivity index (χ1n) is 9.31. The van der Waals surface area contributed by atoms with E-state index in [2.05, 4.69) is 11.2 Å². The molecule has 0 aromatic heterocycles. The molecule has 2 N–H and O–H groups in total. The highest BCUT2D eigenvalue weighted by Crippen LogP contribution is 2.40. The lowest BCUT2D eigenvalue weighted by molar-refractivity contribution is -0.166. The van der Waals surface area contributed by atoms with Crippen molar-refractivity contribution in [1.82, 2.24) is 5.32 Å². The number of benzene rings is 1. The Kier molecular flexibility index (Phi) is 8.11. The molecule has 0 radical (unpaired) electrons. The second-order valence-electron chi connectivity index (χ2n) is 6.53. The average molecular weight is 411 g/mol. The summed E-state index contributed by atoms with van der Waals surface area (Å²) in [7, 11) is 0. The Hall–Kier alpha value is -2.50. The first-order valence-corrected chi connectivity index (χ1v) is 9.31. The molecular formula is C21H24F3NO4. The van der Waals surface area contributed by atoms with E-state index in [-0.39, 0.29) is 24.8 Å². The van der Waals surface area contributed by atoms with Crippen LogP contribution < -0.4 is 5.32 Å². The van der Waals surface area contributed by atoms with Crippen LogP contribution in [-0.4, -0.2) is 37.1 Å². The summed E-state index contributed by atoms with van der Waals surface area (Å²) in [4.78, 5) is 12.3. The monoisotopic (exact) mass is 411 g/mol. The van der Waals surface area contributed by atoms with Gasteiger partial charge in [-0.3, -0.25) is 4.79 Å². The molecule has 1 heterocycles. The standard InChI is InChI=1S/C21H24F3NO4/c1-3-11-25-19(27)18-13-17(14-7-9-15(10-8-14)21(22,23)24)16(6-5-12-26)20(29-18)28-4-2/h1,7-10,13,16-17,20,26H,4-6,11-12H2,2H3,(H,25,27)/t16-,17+,20+/m0/s1. The third kappa shape index (κ3) is 5.99. The highest BCUT2D eigenvalue weighted by Gasteiger charge is 2.38. The Morgan fingerprint density at radius 3 is 2.59 bits per heavy atom. The maximum Gasteiger partial charge on any atom is 0.416 e. The van der Waals surface area contributed by atoms with Crippen LogP contribution in [0.2, 0.25) is 0 Å². The van der Waals surface area contributed by atoms with Crippen LogP contribution in [0, 0.1) is 18.3 Å². The Morgan fingerprint density at radius 2 is 2.03 bits per heavy atom. The average Bonchev–Trinajstić information content (AvgIpc) is 2.70. The normalized spacial score (nSPS) is 21.7. The first-order chi connectivity index (χ1) is 13.8. The highest BCUT2D eigenvalue weighted by atomic mass is 19.4. The number of hydrogen-bond donors (Lipinski definition) is 2. The molecular weight excluding hydrogens is 387 g/mol. The summed E-state index contributed by atoms with van der Waals surface area (Å²) in [5.74, 6) is 1.06. The van der Waals surface area contributed by atoms with Crippen LogP contribution in [0.1, 0.15) is 36.8 Å². The number of terminal acetylenes is 1. The van der Waals surface area contributed by atoms with Gasteiger partial charge in [0.05, 0.1) is 12.1 Å². The van der Waals surface area contributed by atoms with Gasteiger partial charge in [-0.1, -0.05) is 18.1 Å². The first kappa shape index (κ1) is 22.8. The lowest BCUT2D eigenvalue weighted by atomic mass is 9.80. The van der Waals surface area contributed by atoms with Crippen LogP contribution in [-0.2, 0) is 20.4 Å². The SMILES string of the molecule is C#CCNC(=O)C1=C[C@H](c2ccc(C(F)(F)F)cc2)[C@H](CCCO)[C@H](OCC)O1. The van der Waals surface area contributed by atoms with Crippen molar-refractivity contribution < 1.29 is 32.5 Å². The van der Waals surface area contributed by atoms with Crippen LogP contribution in [0.15, 0.2) is 36.1 Å². The fourth-order valence-corrected chi connectivity index (χ4v) is 3.26. The fourth-order valence-electron chi connectivity index (χ4n) is 3.26. The smallest absolute Gasteiger partial charge is 0.416 e. The van der Waals surface area contributed by atoms with Crippen molar-refractivity contribution in [3.05, 3.63) is 47.2 Å². The molecule has 0 saturated heterocycles. The van der Waals surface area contributed by atoms with Crippen molar-refractivity contribution in [3.63, 3.8) is 0 Å². The van der Waals surface area contributed by atoms with Crippen molar-refractivity contribution >= 4 is 5.91 Å². The Labute approximate surface area is 167 Å². The predicted molar refractivity (Wildman–Crippen MR) is 100 cm³/mol. The highest BCUT2D eigenvalue weighted by molar-refractivity contribution is 5.91. The number of halogens is 3. The van der Waals surface area contributed by atoms with Gasteiger partial charge in [0.1, 0.15) is 0 Å².